The highest BCUT2D eigenvalue weighted by molar-refractivity contribution is 5.41. The van der Waals surface area contributed by atoms with E-state index in [0.717, 1.165) is 0 Å². The van der Waals surface area contributed by atoms with Gasteiger partial charge in [0.25, 0.3) is 0 Å². The van der Waals surface area contributed by atoms with Crippen LogP contribution in [0.4, 0.5) is 0 Å². The van der Waals surface area contributed by atoms with Crippen molar-refractivity contribution < 1.29 is 14.6 Å². The molecule has 1 N–H and O–H groups in total. The lowest BCUT2D eigenvalue weighted by molar-refractivity contribution is 0.332. The zero-order valence-electron chi connectivity index (χ0n) is 7.20. The van der Waals surface area contributed by atoms with Crippen LogP contribution < -0.4 is 9.47 Å². The highest BCUT2D eigenvalue weighted by Crippen LogP contribution is 2.26. The molecule has 0 unspecified atom stereocenters. The zero-order valence-corrected chi connectivity index (χ0v) is 7.20. The summed E-state index contributed by atoms with van der Waals surface area (Å²) in [4.78, 5) is 0. The van der Waals surface area contributed by atoms with E-state index in [1.807, 2.05) is 6.92 Å². The Kier molecular flexibility index (Phi) is 2.80. The second kappa shape index (κ2) is 3.85. The summed E-state index contributed by atoms with van der Waals surface area (Å²) < 4.78 is 10.1. The van der Waals surface area contributed by atoms with Crippen molar-refractivity contribution in [3.63, 3.8) is 0 Å². The molecule has 1 aromatic rings. The lowest BCUT2D eigenvalue weighted by Crippen LogP contribution is -1.91. The molecule has 0 aliphatic rings. The Hall–Kier alpha value is -1.38. The maximum atomic E-state index is 9.19. The lowest BCUT2D eigenvalue weighted by Gasteiger charge is -2.05. The quantitative estimate of drug-likeness (QED) is 0.747. The van der Waals surface area contributed by atoms with Gasteiger partial charge in [-0.25, -0.2) is 0 Å². The van der Waals surface area contributed by atoms with Crippen LogP contribution in [0.5, 0.6) is 17.2 Å². The van der Waals surface area contributed by atoms with Gasteiger partial charge in [0.05, 0.1) is 13.7 Å². The van der Waals surface area contributed by atoms with Crippen molar-refractivity contribution in [1.82, 2.24) is 0 Å². The number of ether oxygens (including phenoxy) is 2. The van der Waals surface area contributed by atoms with E-state index in [0.29, 0.717) is 18.1 Å². The van der Waals surface area contributed by atoms with Crippen molar-refractivity contribution in [3.05, 3.63) is 18.2 Å². The van der Waals surface area contributed by atoms with E-state index in [-0.39, 0.29) is 5.75 Å². The van der Waals surface area contributed by atoms with Crippen molar-refractivity contribution in [3.8, 4) is 17.2 Å². The molecule has 0 fully saturated rings. The molecule has 0 aliphatic carbocycles. The summed E-state index contributed by atoms with van der Waals surface area (Å²) in [6, 6.07) is 4.80. The largest absolute Gasteiger partial charge is 0.508 e. The molecule has 12 heavy (non-hydrogen) atoms. The molecule has 0 saturated carbocycles. The minimum atomic E-state index is 0.151. The van der Waals surface area contributed by atoms with Crippen molar-refractivity contribution in [1.29, 1.82) is 0 Å². The van der Waals surface area contributed by atoms with Crippen LogP contribution in [0, 0.1) is 0 Å². The fraction of sp³-hybridized carbons (Fsp3) is 0.333. The molecule has 0 aromatic heterocycles. The third kappa shape index (κ3) is 2.05. The summed E-state index contributed by atoms with van der Waals surface area (Å²) in [5.74, 6) is 1.37. The summed E-state index contributed by atoms with van der Waals surface area (Å²) in [5.41, 5.74) is 0. The fourth-order valence-electron chi connectivity index (χ4n) is 0.925. The Morgan fingerprint density at radius 1 is 1.25 bits per heavy atom. The average molecular weight is 168 g/mol. The van der Waals surface area contributed by atoms with Crippen LogP contribution in [0.25, 0.3) is 0 Å². The second-order valence-corrected chi connectivity index (χ2v) is 2.30. The number of benzene rings is 1. The number of rotatable bonds is 3. The number of hydrogen-bond donors (Lipinski definition) is 1. The average Bonchev–Trinajstić information content (AvgIpc) is 2.04. The molecular weight excluding hydrogens is 156 g/mol. The Labute approximate surface area is 71.5 Å². The number of phenolic OH excluding ortho intramolecular Hbond substituents is 1. The first-order valence-electron chi connectivity index (χ1n) is 3.77. The standard InChI is InChI=1S/C9H12O3/c1-3-12-9-5-7(10)4-8(6-9)11-2/h4-6,10H,3H2,1-2H3. The van der Waals surface area contributed by atoms with Crippen molar-refractivity contribution >= 4 is 0 Å². The highest BCUT2D eigenvalue weighted by atomic mass is 16.5. The Morgan fingerprint density at radius 3 is 2.50 bits per heavy atom. The SMILES string of the molecule is CCOc1cc(O)cc(OC)c1. The van der Waals surface area contributed by atoms with Crippen molar-refractivity contribution in [2.45, 2.75) is 6.92 Å². The monoisotopic (exact) mass is 168 g/mol. The number of phenols is 1. The van der Waals surface area contributed by atoms with Gasteiger partial charge in [-0.15, -0.1) is 0 Å². The van der Waals surface area contributed by atoms with Crippen LogP contribution >= 0.6 is 0 Å². The van der Waals surface area contributed by atoms with E-state index in [1.54, 1.807) is 19.2 Å². The molecule has 0 radical (unpaired) electrons. The molecule has 0 bridgehead atoms. The normalized spacial score (nSPS) is 9.50. The Balaban J connectivity index is 2.90. The van der Waals surface area contributed by atoms with Gasteiger partial charge in [0, 0.05) is 18.2 Å². The predicted molar refractivity (Wildman–Crippen MR) is 45.8 cm³/mol. The Bertz CT molecular complexity index is 258. The van der Waals surface area contributed by atoms with E-state index in [2.05, 4.69) is 0 Å². The summed E-state index contributed by atoms with van der Waals surface area (Å²) >= 11 is 0. The van der Waals surface area contributed by atoms with E-state index < -0.39 is 0 Å². The lowest BCUT2D eigenvalue weighted by atomic mass is 10.3. The minimum Gasteiger partial charge on any atom is -0.508 e. The smallest absolute Gasteiger partial charge is 0.126 e. The molecular formula is C9H12O3. The molecule has 0 amide bonds. The molecule has 1 aromatic carbocycles. The molecule has 0 atom stereocenters. The first kappa shape index (κ1) is 8.71. The summed E-state index contributed by atoms with van der Waals surface area (Å²) in [6.07, 6.45) is 0. The highest BCUT2D eigenvalue weighted by Gasteiger charge is 1.99. The van der Waals surface area contributed by atoms with Gasteiger partial charge < -0.3 is 14.6 Å². The third-order valence-electron chi connectivity index (χ3n) is 1.41. The van der Waals surface area contributed by atoms with Crippen LogP contribution in [0.3, 0.4) is 0 Å². The van der Waals surface area contributed by atoms with E-state index in [9.17, 15) is 5.11 Å². The van der Waals surface area contributed by atoms with Gasteiger partial charge in [0.2, 0.25) is 0 Å². The van der Waals surface area contributed by atoms with Gasteiger partial charge in [-0.3, -0.25) is 0 Å². The van der Waals surface area contributed by atoms with E-state index in [4.69, 9.17) is 9.47 Å². The van der Waals surface area contributed by atoms with Crippen LogP contribution in [0.15, 0.2) is 18.2 Å². The molecule has 0 spiro atoms. The minimum absolute atomic E-state index is 0.151. The molecule has 0 aliphatic heterocycles. The molecule has 3 nitrogen and oxygen atoms in total. The zero-order chi connectivity index (χ0) is 8.97. The molecule has 0 heterocycles. The maximum absolute atomic E-state index is 9.19. The first-order valence-corrected chi connectivity index (χ1v) is 3.77. The second-order valence-electron chi connectivity index (χ2n) is 2.30. The van der Waals surface area contributed by atoms with E-state index >= 15 is 0 Å². The number of aromatic hydroxyl groups is 1. The van der Waals surface area contributed by atoms with Crippen LogP contribution in [-0.2, 0) is 0 Å². The fourth-order valence-corrected chi connectivity index (χ4v) is 0.925. The number of methoxy groups -OCH3 is 1. The summed E-state index contributed by atoms with van der Waals surface area (Å²) in [5, 5.41) is 9.19. The predicted octanol–water partition coefficient (Wildman–Crippen LogP) is 1.80. The third-order valence-corrected chi connectivity index (χ3v) is 1.41. The topological polar surface area (TPSA) is 38.7 Å². The van der Waals surface area contributed by atoms with Gasteiger partial charge in [-0.05, 0) is 6.92 Å². The molecule has 66 valence electrons. The Morgan fingerprint density at radius 2 is 1.92 bits per heavy atom. The van der Waals surface area contributed by atoms with Gasteiger partial charge in [0.1, 0.15) is 17.2 Å². The van der Waals surface area contributed by atoms with E-state index in [1.165, 1.54) is 6.07 Å². The first-order chi connectivity index (χ1) is 5.76. The van der Waals surface area contributed by atoms with Crippen LogP contribution in [0.2, 0.25) is 0 Å². The van der Waals surface area contributed by atoms with Crippen LogP contribution in [-0.4, -0.2) is 18.8 Å². The maximum Gasteiger partial charge on any atom is 0.126 e. The molecule has 0 saturated heterocycles. The van der Waals surface area contributed by atoms with Gasteiger partial charge in [0.15, 0.2) is 0 Å². The molecule has 1 rings (SSSR count). The summed E-state index contributed by atoms with van der Waals surface area (Å²) in [7, 11) is 1.55. The van der Waals surface area contributed by atoms with Crippen molar-refractivity contribution in [2.75, 3.05) is 13.7 Å². The summed E-state index contributed by atoms with van der Waals surface area (Å²) in [6.45, 7) is 2.46. The van der Waals surface area contributed by atoms with Gasteiger partial charge >= 0.3 is 0 Å². The molecule has 3 heteroatoms. The van der Waals surface area contributed by atoms with Crippen LogP contribution in [0.1, 0.15) is 6.92 Å². The van der Waals surface area contributed by atoms with Crippen molar-refractivity contribution in [2.24, 2.45) is 0 Å². The van der Waals surface area contributed by atoms with Gasteiger partial charge in [-0.2, -0.15) is 0 Å². The van der Waals surface area contributed by atoms with Gasteiger partial charge in [-0.1, -0.05) is 0 Å². The number of hydrogen-bond acceptors (Lipinski definition) is 3.